The molecule has 6 nitrogen and oxygen atoms in total. The average Bonchev–Trinajstić information content (AvgIpc) is 2.41. The van der Waals surface area contributed by atoms with Gasteiger partial charge in [-0.1, -0.05) is 0 Å². The van der Waals surface area contributed by atoms with E-state index in [0.717, 1.165) is 24.6 Å². The van der Waals surface area contributed by atoms with Gasteiger partial charge in [-0.3, -0.25) is 0 Å². The van der Waals surface area contributed by atoms with Gasteiger partial charge in [0.1, 0.15) is 6.61 Å². The normalized spacial score (nSPS) is 12.4. The molecule has 0 atom stereocenters. The fourth-order valence-corrected chi connectivity index (χ4v) is 10.2. The van der Waals surface area contributed by atoms with Crippen molar-refractivity contribution in [2.24, 2.45) is 0 Å². The quantitative estimate of drug-likeness (QED) is 0.226. The molecule has 0 aromatic rings. The number of hydrogen-bond acceptors (Lipinski definition) is 6. The molecule has 0 amide bonds. The first-order valence-electron chi connectivity index (χ1n) is 8.35. The van der Waals surface area contributed by atoms with E-state index in [0.29, 0.717) is 13.2 Å². The van der Waals surface area contributed by atoms with E-state index in [1.807, 2.05) is 0 Å². The maximum atomic E-state index is 11.3. The Balaban J connectivity index is 3.70. The zero-order valence-corrected chi connectivity index (χ0v) is 17.8. The molecule has 0 aliphatic carbocycles. The Morgan fingerprint density at radius 3 is 2.00 bits per heavy atom. The Hall–Kier alpha value is -0.966. The monoisotopic (exact) mass is 376 g/mol. The average molecular weight is 377 g/mol. The molecule has 140 valence electrons. The molecule has 0 saturated carbocycles. The van der Waals surface area contributed by atoms with Crippen LogP contribution in [0.25, 0.3) is 0 Å². The molecule has 0 aliphatic heterocycles. The van der Waals surface area contributed by atoms with Crippen molar-refractivity contribution in [3.63, 3.8) is 0 Å². The summed E-state index contributed by atoms with van der Waals surface area (Å²) < 4.78 is 21.3. The highest BCUT2D eigenvalue weighted by Gasteiger charge is 2.28. The Labute approximate surface area is 147 Å². The molecular formula is C16H32O6Si2. The van der Waals surface area contributed by atoms with Gasteiger partial charge in [-0.05, 0) is 52.1 Å². The summed E-state index contributed by atoms with van der Waals surface area (Å²) in [6.45, 7) is 14.2. The smallest absolute Gasteiger partial charge is 0.331 e. The zero-order valence-electron chi connectivity index (χ0n) is 15.8. The van der Waals surface area contributed by atoms with Crippen molar-refractivity contribution in [1.82, 2.24) is 0 Å². The van der Waals surface area contributed by atoms with Crippen LogP contribution < -0.4 is 0 Å². The molecule has 8 heteroatoms. The van der Waals surface area contributed by atoms with E-state index >= 15 is 0 Å². The van der Waals surface area contributed by atoms with Crippen LogP contribution in [-0.4, -0.2) is 55.0 Å². The lowest BCUT2D eigenvalue weighted by Crippen LogP contribution is -2.42. The van der Waals surface area contributed by atoms with Crippen molar-refractivity contribution in [3.8, 4) is 0 Å². The summed E-state index contributed by atoms with van der Waals surface area (Å²) in [5, 5.41) is 0. The first-order valence-corrected chi connectivity index (χ1v) is 14.9. The van der Waals surface area contributed by atoms with Crippen molar-refractivity contribution in [1.29, 1.82) is 0 Å². The van der Waals surface area contributed by atoms with Crippen LogP contribution in [0, 0.1) is 0 Å². The van der Waals surface area contributed by atoms with E-state index in [4.69, 9.17) is 13.6 Å². The molecule has 0 N–H and O–H groups in total. The summed E-state index contributed by atoms with van der Waals surface area (Å²) >= 11 is 0. The van der Waals surface area contributed by atoms with E-state index in [1.165, 1.54) is 0 Å². The lowest BCUT2D eigenvalue weighted by atomic mass is 10.5. The van der Waals surface area contributed by atoms with Crippen LogP contribution in [0.2, 0.25) is 38.8 Å². The van der Waals surface area contributed by atoms with Crippen molar-refractivity contribution in [2.45, 2.75) is 52.1 Å². The van der Waals surface area contributed by atoms with Crippen LogP contribution in [0.4, 0.5) is 0 Å². The third kappa shape index (κ3) is 14.6. The number of rotatable bonds is 12. The molecule has 0 bridgehead atoms. The Kier molecular flexibility index (Phi) is 11.1. The van der Waals surface area contributed by atoms with Crippen LogP contribution in [0.3, 0.4) is 0 Å². The molecule has 0 spiro atoms. The minimum absolute atomic E-state index is 0.165. The van der Waals surface area contributed by atoms with Gasteiger partial charge in [0.05, 0.1) is 13.2 Å². The van der Waals surface area contributed by atoms with Crippen LogP contribution in [-0.2, 0) is 27.9 Å². The molecule has 0 radical (unpaired) electrons. The molecule has 0 unspecified atom stereocenters. The first kappa shape index (κ1) is 23.0. The van der Waals surface area contributed by atoms with Gasteiger partial charge in [-0.25, -0.2) is 9.59 Å². The molecule has 0 rings (SSSR count). The second-order valence-electron chi connectivity index (χ2n) is 6.94. The molecule has 0 aliphatic rings. The van der Waals surface area contributed by atoms with Gasteiger partial charge in [-0.15, -0.1) is 0 Å². The highest BCUT2D eigenvalue weighted by Crippen LogP contribution is 2.19. The summed E-state index contributed by atoms with van der Waals surface area (Å²) in [6.07, 6.45) is 3.05. The predicted octanol–water partition coefficient (Wildman–Crippen LogP) is 3.11. The van der Waals surface area contributed by atoms with Gasteiger partial charge in [0.25, 0.3) is 0 Å². The third-order valence-corrected chi connectivity index (χ3v) is 8.98. The molecule has 24 heavy (non-hydrogen) atoms. The minimum atomic E-state index is -1.61. The predicted molar refractivity (Wildman–Crippen MR) is 98.9 cm³/mol. The van der Waals surface area contributed by atoms with Gasteiger partial charge < -0.3 is 18.3 Å². The highest BCUT2D eigenvalue weighted by atomic mass is 28.4. The van der Waals surface area contributed by atoms with Gasteiger partial charge in [0, 0.05) is 18.8 Å². The first-order chi connectivity index (χ1) is 11.1. The maximum Gasteiger partial charge on any atom is 0.331 e. The molecule has 0 fully saturated rings. The second kappa shape index (κ2) is 11.6. The summed E-state index contributed by atoms with van der Waals surface area (Å²) in [7, 11) is -3.09. The topological polar surface area (TPSA) is 71.1 Å². The maximum absolute atomic E-state index is 11.3. The number of ether oxygens (including phenoxy) is 3. The van der Waals surface area contributed by atoms with Crippen LogP contribution in [0.15, 0.2) is 12.2 Å². The lowest BCUT2D eigenvalue weighted by molar-refractivity contribution is -0.141. The molecule has 0 heterocycles. The standard InChI is InChI=1S/C16H32O6Si2/c1-7-20-15(17)9-10-16(18)21-13-12-19-11-8-14-24(5,6)22-23(2,3)4/h9-10H,7-8,11-14H2,1-6H3/b10-9+. The largest absolute Gasteiger partial charge is 0.463 e. The summed E-state index contributed by atoms with van der Waals surface area (Å²) in [6, 6.07) is 1.05. The van der Waals surface area contributed by atoms with Crippen molar-refractivity contribution < 1.29 is 27.9 Å². The van der Waals surface area contributed by atoms with E-state index in [-0.39, 0.29) is 13.2 Å². The Bertz CT molecular complexity index is 415. The zero-order chi connectivity index (χ0) is 18.6. The van der Waals surface area contributed by atoms with Crippen molar-refractivity contribution >= 4 is 28.6 Å². The second-order valence-corrected chi connectivity index (χ2v) is 16.0. The fraction of sp³-hybridized carbons (Fsp3) is 0.750. The minimum Gasteiger partial charge on any atom is -0.463 e. The van der Waals surface area contributed by atoms with Crippen LogP contribution in [0.5, 0.6) is 0 Å². The molecular weight excluding hydrogens is 344 g/mol. The van der Waals surface area contributed by atoms with Crippen molar-refractivity contribution in [2.75, 3.05) is 26.4 Å². The summed E-state index contributed by atoms with van der Waals surface area (Å²) in [5.41, 5.74) is 0. The summed E-state index contributed by atoms with van der Waals surface area (Å²) in [5.74, 6) is -1.14. The van der Waals surface area contributed by atoms with Crippen molar-refractivity contribution in [3.05, 3.63) is 12.2 Å². The van der Waals surface area contributed by atoms with Gasteiger partial charge in [-0.2, -0.15) is 0 Å². The van der Waals surface area contributed by atoms with Gasteiger partial charge in [0.15, 0.2) is 16.6 Å². The Morgan fingerprint density at radius 1 is 0.875 bits per heavy atom. The van der Waals surface area contributed by atoms with E-state index in [9.17, 15) is 9.59 Å². The number of hydrogen-bond donors (Lipinski definition) is 0. The van der Waals surface area contributed by atoms with Gasteiger partial charge in [0.2, 0.25) is 0 Å². The molecule has 0 saturated heterocycles. The SMILES string of the molecule is CCOC(=O)/C=C/C(=O)OCCOCCC[Si](C)(C)O[Si](C)(C)C. The van der Waals surface area contributed by atoms with Gasteiger partial charge >= 0.3 is 11.9 Å². The number of esters is 2. The Morgan fingerprint density at radius 2 is 1.46 bits per heavy atom. The van der Waals surface area contributed by atoms with E-state index < -0.39 is 28.6 Å². The van der Waals surface area contributed by atoms with E-state index in [2.05, 4.69) is 37.5 Å². The van der Waals surface area contributed by atoms with Crippen LogP contribution >= 0.6 is 0 Å². The van der Waals surface area contributed by atoms with Crippen LogP contribution in [0.1, 0.15) is 13.3 Å². The highest BCUT2D eigenvalue weighted by molar-refractivity contribution is 6.84. The number of carbonyl (C=O) groups is 2. The van der Waals surface area contributed by atoms with E-state index in [1.54, 1.807) is 6.92 Å². The number of carbonyl (C=O) groups excluding carboxylic acids is 2. The lowest BCUT2D eigenvalue weighted by Gasteiger charge is -2.31. The molecule has 0 aromatic heterocycles. The molecule has 0 aromatic carbocycles. The summed E-state index contributed by atoms with van der Waals surface area (Å²) in [4.78, 5) is 22.3. The third-order valence-electron chi connectivity index (χ3n) is 2.76. The fourth-order valence-electron chi connectivity index (χ4n) is 2.16.